The van der Waals surface area contributed by atoms with Crippen LogP contribution < -0.4 is 5.32 Å². The van der Waals surface area contributed by atoms with Gasteiger partial charge in [0, 0.05) is 22.6 Å². The molecule has 0 saturated carbocycles. The van der Waals surface area contributed by atoms with E-state index in [9.17, 15) is 4.79 Å². The molecule has 0 fully saturated rings. The van der Waals surface area contributed by atoms with E-state index in [0.29, 0.717) is 11.3 Å². The largest absolute Gasteiger partial charge is 0.322 e. The van der Waals surface area contributed by atoms with E-state index < -0.39 is 0 Å². The van der Waals surface area contributed by atoms with Gasteiger partial charge in [-0.25, -0.2) is 4.68 Å². The van der Waals surface area contributed by atoms with Crippen LogP contribution in [-0.4, -0.2) is 20.7 Å². The SMILES string of the molecule is Cc1c(C(=O)Nc2ccncc2)cnn1-c1ccc(Br)cc1. The fraction of sp³-hybridized carbons (Fsp3) is 0.0625. The van der Waals surface area contributed by atoms with Crippen LogP contribution in [0.5, 0.6) is 0 Å². The van der Waals surface area contributed by atoms with E-state index in [1.54, 1.807) is 35.4 Å². The van der Waals surface area contributed by atoms with E-state index in [4.69, 9.17) is 0 Å². The average Bonchev–Trinajstić information content (AvgIpc) is 2.91. The van der Waals surface area contributed by atoms with E-state index in [1.165, 1.54) is 0 Å². The Balaban J connectivity index is 1.87. The smallest absolute Gasteiger partial charge is 0.259 e. The normalized spacial score (nSPS) is 10.5. The number of halogens is 1. The molecule has 22 heavy (non-hydrogen) atoms. The Morgan fingerprint density at radius 1 is 1.14 bits per heavy atom. The topological polar surface area (TPSA) is 59.8 Å². The highest BCUT2D eigenvalue weighted by molar-refractivity contribution is 9.10. The summed E-state index contributed by atoms with van der Waals surface area (Å²) in [5.41, 5.74) is 2.94. The first-order valence-electron chi connectivity index (χ1n) is 6.67. The molecule has 0 atom stereocenters. The number of rotatable bonds is 3. The first-order valence-corrected chi connectivity index (χ1v) is 7.46. The van der Waals surface area contributed by atoms with Crippen molar-refractivity contribution in [3.63, 3.8) is 0 Å². The van der Waals surface area contributed by atoms with E-state index in [2.05, 4.69) is 31.3 Å². The minimum absolute atomic E-state index is 0.188. The highest BCUT2D eigenvalue weighted by atomic mass is 79.9. The lowest BCUT2D eigenvalue weighted by molar-refractivity contribution is 0.102. The van der Waals surface area contributed by atoms with Gasteiger partial charge in [0.05, 0.1) is 23.1 Å². The zero-order valence-corrected chi connectivity index (χ0v) is 13.4. The number of benzene rings is 1. The van der Waals surface area contributed by atoms with Gasteiger partial charge in [-0.1, -0.05) is 15.9 Å². The fourth-order valence-corrected chi connectivity index (χ4v) is 2.37. The maximum atomic E-state index is 12.3. The average molecular weight is 357 g/mol. The number of carbonyl (C=O) groups excluding carboxylic acids is 1. The molecular formula is C16H13BrN4O. The maximum absolute atomic E-state index is 12.3. The summed E-state index contributed by atoms with van der Waals surface area (Å²) in [7, 11) is 0. The summed E-state index contributed by atoms with van der Waals surface area (Å²) in [6.07, 6.45) is 4.84. The van der Waals surface area contributed by atoms with Crippen molar-refractivity contribution in [3.8, 4) is 5.69 Å². The highest BCUT2D eigenvalue weighted by Gasteiger charge is 2.15. The molecule has 0 saturated heterocycles. The fourth-order valence-electron chi connectivity index (χ4n) is 2.11. The van der Waals surface area contributed by atoms with Gasteiger partial charge in [-0.2, -0.15) is 5.10 Å². The minimum Gasteiger partial charge on any atom is -0.322 e. The number of hydrogen-bond acceptors (Lipinski definition) is 3. The van der Waals surface area contributed by atoms with Gasteiger partial charge in [0.2, 0.25) is 0 Å². The quantitative estimate of drug-likeness (QED) is 0.779. The zero-order valence-electron chi connectivity index (χ0n) is 11.8. The minimum atomic E-state index is -0.188. The van der Waals surface area contributed by atoms with E-state index in [1.807, 2.05) is 31.2 Å². The molecule has 3 aromatic rings. The summed E-state index contributed by atoms with van der Waals surface area (Å²) in [5.74, 6) is -0.188. The highest BCUT2D eigenvalue weighted by Crippen LogP contribution is 2.18. The van der Waals surface area contributed by atoms with Crippen molar-refractivity contribution in [2.45, 2.75) is 6.92 Å². The number of amides is 1. The molecule has 1 amide bonds. The van der Waals surface area contributed by atoms with Gasteiger partial charge in [0.25, 0.3) is 5.91 Å². The second-order valence-electron chi connectivity index (χ2n) is 4.72. The molecule has 0 bridgehead atoms. The first-order chi connectivity index (χ1) is 10.6. The molecule has 3 rings (SSSR count). The van der Waals surface area contributed by atoms with E-state index >= 15 is 0 Å². The molecule has 2 aromatic heterocycles. The van der Waals surface area contributed by atoms with Crippen molar-refractivity contribution >= 4 is 27.5 Å². The molecule has 5 nitrogen and oxygen atoms in total. The third-order valence-corrected chi connectivity index (χ3v) is 3.79. The molecule has 2 heterocycles. The lowest BCUT2D eigenvalue weighted by Crippen LogP contribution is -2.13. The van der Waals surface area contributed by atoms with Crippen LogP contribution in [0.15, 0.2) is 59.5 Å². The lowest BCUT2D eigenvalue weighted by atomic mass is 10.2. The van der Waals surface area contributed by atoms with Crippen LogP contribution in [0.25, 0.3) is 5.69 Å². The van der Waals surface area contributed by atoms with Crippen molar-refractivity contribution in [3.05, 3.63) is 70.7 Å². The van der Waals surface area contributed by atoms with Gasteiger partial charge in [0.15, 0.2) is 0 Å². The molecule has 0 spiro atoms. The Morgan fingerprint density at radius 2 is 1.82 bits per heavy atom. The van der Waals surface area contributed by atoms with Gasteiger partial charge in [-0.15, -0.1) is 0 Å². The number of nitrogens with zero attached hydrogens (tertiary/aromatic N) is 3. The Labute approximate surface area is 136 Å². The number of pyridine rings is 1. The number of anilines is 1. The van der Waals surface area contributed by atoms with Crippen molar-refractivity contribution in [1.82, 2.24) is 14.8 Å². The third kappa shape index (κ3) is 2.92. The monoisotopic (exact) mass is 356 g/mol. The lowest BCUT2D eigenvalue weighted by Gasteiger charge is -2.06. The molecule has 0 radical (unpaired) electrons. The van der Waals surface area contributed by atoms with Gasteiger partial charge in [-0.05, 0) is 43.3 Å². The van der Waals surface area contributed by atoms with Crippen LogP contribution >= 0.6 is 15.9 Å². The predicted octanol–water partition coefficient (Wildman–Crippen LogP) is 3.59. The van der Waals surface area contributed by atoms with Crippen LogP contribution in [0, 0.1) is 6.92 Å². The Kier molecular flexibility index (Phi) is 4.02. The van der Waals surface area contributed by atoms with Crippen molar-refractivity contribution in [2.75, 3.05) is 5.32 Å². The maximum Gasteiger partial charge on any atom is 0.259 e. The van der Waals surface area contributed by atoms with Crippen LogP contribution in [0.2, 0.25) is 0 Å². The molecular weight excluding hydrogens is 344 g/mol. The van der Waals surface area contributed by atoms with E-state index in [-0.39, 0.29) is 5.91 Å². The molecule has 0 aliphatic rings. The van der Waals surface area contributed by atoms with E-state index in [0.717, 1.165) is 15.9 Å². The number of nitrogens with one attached hydrogen (secondary N) is 1. The first kappa shape index (κ1) is 14.5. The summed E-state index contributed by atoms with van der Waals surface area (Å²) in [6, 6.07) is 11.2. The number of aromatic nitrogens is 3. The Hall–Kier alpha value is -2.47. The number of carbonyl (C=O) groups is 1. The summed E-state index contributed by atoms with van der Waals surface area (Å²) in [5, 5.41) is 7.14. The summed E-state index contributed by atoms with van der Waals surface area (Å²) in [4.78, 5) is 16.3. The summed E-state index contributed by atoms with van der Waals surface area (Å²) in [6.45, 7) is 1.87. The summed E-state index contributed by atoms with van der Waals surface area (Å²) >= 11 is 3.40. The molecule has 0 unspecified atom stereocenters. The molecule has 1 N–H and O–H groups in total. The number of hydrogen-bond donors (Lipinski definition) is 1. The van der Waals surface area contributed by atoms with Crippen LogP contribution in [0.4, 0.5) is 5.69 Å². The van der Waals surface area contributed by atoms with Gasteiger partial charge in [0.1, 0.15) is 0 Å². The van der Waals surface area contributed by atoms with Gasteiger partial charge >= 0.3 is 0 Å². The second-order valence-corrected chi connectivity index (χ2v) is 5.64. The molecule has 0 aliphatic heterocycles. The zero-order chi connectivity index (χ0) is 15.5. The van der Waals surface area contributed by atoms with Gasteiger partial charge < -0.3 is 5.32 Å². The standard InChI is InChI=1S/C16H13BrN4O/c1-11-15(16(22)20-13-6-8-18-9-7-13)10-19-21(11)14-4-2-12(17)3-5-14/h2-10H,1H3,(H,18,20,22). The molecule has 1 aromatic carbocycles. The summed E-state index contributed by atoms with van der Waals surface area (Å²) < 4.78 is 2.74. The van der Waals surface area contributed by atoms with Crippen LogP contribution in [0.1, 0.15) is 16.1 Å². The van der Waals surface area contributed by atoms with Crippen molar-refractivity contribution in [1.29, 1.82) is 0 Å². The van der Waals surface area contributed by atoms with Crippen molar-refractivity contribution in [2.24, 2.45) is 0 Å². The Morgan fingerprint density at radius 3 is 2.50 bits per heavy atom. The van der Waals surface area contributed by atoms with Gasteiger partial charge in [-0.3, -0.25) is 9.78 Å². The Bertz CT molecular complexity index is 797. The van der Waals surface area contributed by atoms with Crippen molar-refractivity contribution < 1.29 is 4.79 Å². The molecule has 0 aliphatic carbocycles. The second kappa shape index (κ2) is 6.11. The third-order valence-electron chi connectivity index (χ3n) is 3.26. The van der Waals surface area contributed by atoms with Crippen LogP contribution in [-0.2, 0) is 0 Å². The molecule has 110 valence electrons. The predicted molar refractivity (Wildman–Crippen MR) is 88.2 cm³/mol. The molecule has 6 heteroatoms. The van der Waals surface area contributed by atoms with Crippen LogP contribution in [0.3, 0.4) is 0 Å².